The summed E-state index contributed by atoms with van der Waals surface area (Å²) < 4.78 is 1.94. The van der Waals surface area contributed by atoms with Crippen molar-refractivity contribution in [3.63, 3.8) is 0 Å². The van der Waals surface area contributed by atoms with Gasteiger partial charge in [-0.25, -0.2) is 4.68 Å². The Bertz CT molecular complexity index is 1220. The van der Waals surface area contributed by atoms with Crippen LogP contribution in [0, 0.1) is 27.7 Å². The smallest absolute Gasteiger partial charge is 0.267 e. The van der Waals surface area contributed by atoms with Crippen molar-refractivity contribution in [3.05, 3.63) is 81.1 Å². The molecule has 6 heteroatoms. The first kappa shape index (κ1) is 20.1. The highest BCUT2D eigenvalue weighted by atomic mass is 35.5. The number of aryl methyl sites for hydroxylation is 3. The molecule has 0 saturated heterocycles. The van der Waals surface area contributed by atoms with Crippen LogP contribution in [0.1, 0.15) is 35.0 Å². The molecule has 3 aromatic rings. The highest BCUT2D eigenvalue weighted by Gasteiger charge is 2.29. The maximum Gasteiger partial charge on any atom is 0.280 e. The largest absolute Gasteiger partial charge is 0.280 e. The zero-order chi connectivity index (χ0) is 21.6. The minimum absolute atomic E-state index is 0.159. The van der Waals surface area contributed by atoms with Crippen LogP contribution < -0.4 is 5.01 Å². The predicted octanol–water partition coefficient (Wildman–Crippen LogP) is 5.57. The highest BCUT2D eigenvalue weighted by Crippen LogP contribution is 2.28. The van der Waals surface area contributed by atoms with Gasteiger partial charge in [0.25, 0.3) is 5.91 Å². The topological polar surface area (TPSA) is 50.5 Å². The third-order valence-corrected chi connectivity index (χ3v) is 5.60. The van der Waals surface area contributed by atoms with Crippen molar-refractivity contribution in [2.75, 3.05) is 5.01 Å². The standard InChI is InChI=1S/C24H23ClN4O/c1-14-6-11-23(15(2)12-14)28-18(5)21(16(3)26-28)13-22-17(4)27-29(24(22)30)20-9-7-19(25)8-10-20/h6-13H,1-5H3/b22-13-. The van der Waals surface area contributed by atoms with Crippen molar-refractivity contribution in [1.82, 2.24) is 9.78 Å². The van der Waals surface area contributed by atoms with Crippen molar-refractivity contribution in [1.29, 1.82) is 0 Å². The summed E-state index contributed by atoms with van der Waals surface area (Å²) in [5, 5.41) is 11.2. The average molecular weight is 419 g/mol. The first-order chi connectivity index (χ1) is 14.3. The van der Waals surface area contributed by atoms with Gasteiger partial charge in [-0.05, 0) is 76.6 Å². The summed E-state index contributed by atoms with van der Waals surface area (Å²) in [7, 11) is 0. The van der Waals surface area contributed by atoms with E-state index in [-0.39, 0.29) is 5.91 Å². The van der Waals surface area contributed by atoms with Crippen molar-refractivity contribution in [2.45, 2.75) is 34.6 Å². The van der Waals surface area contributed by atoms with Gasteiger partial charge < -0.3 is 0 Å². The Hall–Kier alpha value is -3.18. The third-order valence-electron chi connectivity index (χ3n) is 5.35. The maximum atomic E-state index is 13.1. The van der Waals surface area contributed by atoms with Crippen LogP contribution in [0.25, 0.3) is 11.8 Å². The summed E-state index contributed by atoms with van der Waals surface area (Å²) >= 11 is 5.97. The van der Waals surface area contributed by atoms with Crippen LogP contribution >= 0.6 is 11.6 Å². The summed E-state index contributed by atoms with van der Waals surface area (Å²) in [5.41, 5.74) is 8.12. The van der Waals surface area contributed by atoms with Gasteiger partial charge in [0.05, 0.1) is 28.4 Å². The number of aromatic nitrogens is 2. The number of carbonyl (C=O) groups excluding carboxylic acids is 1. The Morgan fingerprint density at radius 1 is 0.967 bits per heavy atom. The number of nitrogens with zero attached hydrogens (tertiary/aromatic N) is 4. The Morgan fingerprint density at radius 3 is 2.33 bits per heavy atom. The van der Waals surface area contributed by atoms with Crippen LogP contribution in [0.3, 0.4) is 0 Å². The molecular weight excluding hydrogens is 396 g/mol. The molecular formula is C24H23ClN4O. The lowest BCUT2D eigenvalue weighted by Crippen LogP contribution is -2.21. The molecule has 0 bridgehead atoms. The lowest BCUT2D eigenvalue weighted by molar-refractivity contribution is -0.114. The minimum Gasteiger partial charge on any atom is -0.267 e. The molecule has 5 nitrogen and oxygen atoms in total. The summed E-state index contributed by atoms with van der Waals surface area (Å²) in [6.07, 6.45) is 1.90. The van der Waals surface area contributed by atoms with E-state index in [0.29, 0.717) is 22.0 Å². The molecule has 1 aliphatic rings. The first-order valence-corrected chi connectivity index (χ1v) is 10.1. The fourth-order valence-corrected chi connectivity index (χ4v) is 3.85. The number of hydrogen-bond acceptors (Lipinski definition) is 3. The number of hydrazone groups is 1. The van der Waals surface area contributed by atoms with Gasteiger partial charge in [0, 0.05) is 16.3 Å². The van der Waals surface area contributed by atoms with Gasteiger partial charge in [0.15, 0.2) is 0 Å². The zero-order valence-corrected chi connectivity index (χ0v) is 18.4. The van der Waals surface area contributed by atoms with Crippen molar-refractivity contribution >= 4 is 35.0 Å². The predicted molar refractivity (Wildman–Crippen MR) is 123 cm³/mol. The Balaban J connectivity index is 1.73. The Morgan fingerprint density at radius 2 is 1.67 bits per heavy atom. The van der Waals surface area contributed by atoms with Gasteiger partial charge in [-0.2, -0.15) is 15.2 Å². The van der Waals surface area contributed by atoms with E-state index < -0.39 is 0 Å². The van der Waals surface area contributed by atoms with E-state index in [1.807, 2.05) is 31.5 Å². The second kappa shape index (κ2) is 7.58. The number of amides is 1. The van der Waals surface area contributed by atoms with Crippen molar-refractivity contribution < 1.29 is 4.79 Å². The second-order valence-corrected chi connectivity index (χ2v) is 8.06. The number of halogens is 1. The monoisotopic (exact) mass is 418 g/mol. The number of rotatable bonds is 3. The Kier molecular flexibility index (Phi) is 5.08. The molecule has 0 fully saturated rings. The molecule has 2 aromatic carbocycles. The molecule has 2 heterocycles. The van der Waals surface area contributed by atoms with Gasteiger partial charge in [-0.1, -0.05) is 29.3 Å². The van der Waals surface area contributed by atoms with Crippen LogP contribution in [-0.4, -0.2) is 21.4 Å². The van der Waals surface area contributed by atoms with E-state index in [1.165, 1.54) is 10.6 Å². The quantitative estimate of drug-likeness (QED) is 0.522. The molecule has 1 aromatic heterocycles. The van der Waals surface area contributed by atoms with Gasteiger partial charge >= 0.3 is 0 Å². The summed E-state index contributed by atoms with van der Waals surface area (Å²) in [6, 6.07) is 13.4. The van der Waals surface area contributed by atoms with Crippen LogP contribution in [0.2, 0.25) is 5.02 Å². The molecule has 0 atom stereocenters. The van der Waals surface area contributed by atoms with Crippen LogP contribution in [0.5, 0.6) is 0 Å². The first-order valence-electron chi connectivity index (χ1n) is 9.77. The molecule has 0 unspecified atom stereocenters. The van der Waals surface area contributed by atoms with Gasteiger partial charge in [0.2, 0.25) is 0 Å². The Labute approximate surface area is 181 Å². The van der Waals surface area contributed by atoms with E-state index in [4.69, 9.17) is 16.7 Å². The molecule has 0 aliphatic carbocycles. The molecule has 0 radical (unpaired) electrons. The lowest BCUT2D eigenvalue weighted by Gasteiger charge is -2.11. The van der Waals surface area contributed by atoms with Gasteiger partial charge in [-0.15, -0.1) is 0 Å². The van der Waals surface area contributed by atoms with Gasteiger partial charge in [-0.3, -0.25) is 4.79 Å². The molecule has 30 heavy (non-hydrogen) atoms. The maximum absolute atomic E-state index is 13.1. The third kappa shape index (κ3) is 3.46. The number of hydrogen-bond donors (Lipinski definition) is 0. The van der Waals surface area contributed by atoms with E-state index in [1.54, 1.807) is 24.3 Å². The lowest BCUT2D eigenvalue weighted by atomic mass is 10.1. The number of anilines is 1. The minimum atomic E-state index is -0.159. The molecule has 4 rings (SSSR count). The summed E-state index contributed by atoms with van der Waals surface area (Å²) in [4.78, 5) is 13.1. The fraction of sp³-hybridized carbons (Fsp3) is 0.208. The fourth-order valence-electron chi connectivity index (χ4n) is 3.73. The van der Waals surface area contributed by atoms with E-state index in [9.17, 15) is 4.79 Å². The van der Waals surface area contributed by atoms with E-state index in [2.05, 4.69) is 37.1 Å². The molecule has 152 valence electrons. The molecule has 1 amide bonds. The second-order valence-electron chi connectivity index (χ2n) is 7.62. The average Bonchev–Trinajstić information content (AvgIpc) is 3.13. The van der Waals surface area contributed by atoms with Crippen molar-refractivity contribution in [2.24, 2.45) is 5.10 Å². The summed E-state index contributed by atoms with van der Waals surface area (Å²) in [6.45, 7) is 9.99. The zero-order valence-electron chi connectivity index (χ0n) is 17.7. The van der Waals surface area contributed by atoms with Crippen LogP contribution in [0.15, 0.2) is 53.1 Å². The molecule has 0 saturated carbocycles. The van der Waals surface area contributed by atoms with E-state index >= 15 is 0 Å². The van der Waals surface area contributed by atoms with Crippen LogP contribution in [-0.2, 0) is 4.79 Å². The normalized spacial score (nSPS) is 15.3. The van der Waals surface area contributed by atoms with Gasteiger partial charge in [0.1, 0.15) is 0 Å². The molecule has 0 N–H and O–H groups in total. The summed E-state index contributed by atoms with van der Waals surface area (Å²) in [5.74, 6) is -0.159. The number of carbonyl (C=O) groups is 1. The number of benzene rings is 2. The highest BCUT2D eigenvalue weighted by molar-refractivity contribution is 6.32. The van der Waals surface area contributed by atoms with E-state index in [0.717, 1.165) is 28.2 Å². The van der Waals surface area contributed by atoms with Crippen LogP contribution in [0.4, 0.5) is 5.69 Å². The SMILES string of the molecule is CC1=NN(c2ccc(Cl)cc2)C(=O)/C1=C\c1c(C)nn(-c2ccc(C)cc2C)c1C. The molecule has 0 spiro atoms. The molecule has 1 aliphatic heterocycles. The van der Waals surface area contributed by atoms with Crippen molar-refractivity contribution in [3.8, 4) is 5.69 Å².